The van der Waals surface area contributed by atoms with Gasteiger partial charge in [0, 0.05) is 18.2 Å². The van der Waals surface area contributed by atoms with Crippen LogP contribution in [0.4, 0.5) is 5.13 Å². The molecular formula is C8H9N5O2S2. The van der Waals surface area contributed by atoms with Crippen molar-refractivity contribution in [2.75, 3.05) is 5.73 Å². The number of anilines is 1. The monoisotopic (exact) mass is 271 g/mol. The van der Waals surface area contributed by atoms with Crippen molar-refractivity contribution in [2.24, 2.45) is 7.05 Å². The molecule has 9 heteroatoms. The molecule has 0 aliphatic heterocycles. The van der Waals surface area contributed by atoms with Crippen LogP contribution in [0.2, 0.25) is 0 Å². The van der Waals surface area contributed by atoms with E-state index in [0.29, 0.717) is 16.0 Å². The highest BCUT2D eigenvalue weighted by Crippen LogP contribution is 2.20. The summed E-state index contributed by atoms with van der Waals surface area (Å²) in [7, 11) is 1.62. The lowest BCUT2D eigenvalue weighted by molar-refractivity contribution is 0.596. The minimum Gasteiger partial charge on any atom is -0.375 e. The fourth-order valence-electron chi connectivity index (χ4n) is 1.12. The minimum absolute atomic E-state index is 0.432. The Morgan fingerprint density at radius 3 is 2.94 bits per heavy atom. The number of H-pyrrole nitrogens is 1. The molecule has 0 unspecified atom stereocenters. The third-order valence-corrected chi connectivity index (χ3v) is 3.65. The van der Waals surface area contributed by atoms with Gasteiger partial charge >= 0.3 is 11.1 Å². The van der Waals surface area contributed by atoms with E-state index in [1.807, 2.05) is 5.38 Å². The molecule has 2 aromatic rings. The highest BCUT2D eigenvalue weighted by atomic mass is 32.2. The van der Waals surface area contributed by atoms with Gasteiger partial charge in [-0.3, -0.25) is 19.4 Å². The highest BCUT2D eigenvalue weighted by Gasteiger charge is 2.06. The van der Waals surface area contributed by atoms with Gasteiger partial charge in [-0.25, -0.2) is 4.98 Å². The molecule has 0 bridgehead atoms. The van der Waals surface area contributed by atoms with Gasteiger partial charge in [0.2, 0.25) is 0 Å². The number of nitrogens with zero attached hydrogens (tertiary/aromatic N) is 3. The van der Waals surface area contributed by atoms with Crippen LogP contribution in [0.25, 0.3) is 0 Å². The Hall–Kier alpha value is -1.61. The summed E-state index contributed by atoms with van der Waals surface area (Å²) in [5.41, 5.74) is 4.80. The number of nitrogen functional groups attached to an aromatic ring is 1. The van der Waals surface area contributed by atoms with Crippen molar-refractivity contribution in [3.63, 3.8) is 0 Å². The number of aromatic nitrogens is 4. The van der Waals surface area contributed by atoms with E-state index in [9.17, 15) is 9.59 Å². The molecule has 0 fully saturated rings. The smallest absolute Gasteiger partial charge is 0.339 e. The van der Waals surface area contributed by atoms with E-state index in [1.54, 1.807) is 7.05 Å². The third-order valence-electron chi connectivity index (χ3n) is 1.87. The van der Waals surface area contributed by atoms with Crippen LogP contribution in [0.15, 0.2) is 20.1 Å². The van der Waals surface area contributed by atoms with Crippen LogP contribution >= 0.6 is 23.1 Å². The average molecular weight is 271 g/mol. The lowest BCUT2D eigenvalue weighted by Crippen LogP contribution is -2.33. The van der Waals surface area contributed by atoms with Crippen molar-refractivity contribution in [2.45, 2.75) is 10.9 Å². The molecule has 0 radical (unpaired) electrons. The van der Waals surface area contributed by atoms with Crippen molar-refractivity contribution in [3.8, 4) is 0 Å². The van der Waals surface area contributed by atoms with E-state index in [1.165, 1.54) is 27.8 Å². The molecule has 0 amide bonds. The van der Waals surface area contributed by atoms with Gasteiger partial charge in [-0.1, -0.05) is 11.8 Å². The molecular weight excluding hydrogens is 262 g/mol. The highest BCUT2D eigenvalue weighted by molar-refractivity contribution is 7.98. The molecule has 7 nitrogen and oxygen atoms in total. The number of aromatic amines is 1. The van der Waals surface area contributed by atoms with Crippen LogP contribution < -0.4 is 16.9 Å². The van der Waals surface area contributed by atoms with Crippen LogP contribution in [-0.4, -0.2) is 19.7 Å². The first-order chi connectivity index (χ1) is 8.06. The first-order valence-electron chi connectivity index (χ1n) is 4.56. The zero-order valence-corrected chi connectivity index (χ0v) is 10.5. The van der Waals surface area contributed by atoms with Crippen molar-refractivity contribution < 1.29 is 0 Å². The van der Waals surface area contributed by atoms with Crippen LogP contribution in [-0.2, 0) is 12.8 Å². The van der Waals surface area contributed by atoms with Crippen LogP contribution in [0.5, 0.6) is 0 Å². The summed E-state index contributed by atoms with van der Waals surface area (Å²) >= 11 is 2.66. The minimum atomic E-state index is -0.789. The normalized spacial score (nSPS) is 10.6. The van der Waals surface area contributed by atoms with E-state index in [-0.39, 0.29) is 0 Å². The van der Waals surface area contributed by atoms with E-state index in [2.05, 4.69) is 15.1 Å². The van der Waals surface area contributed by atoms with Crippen molar-refractivity contribution in [1.29, 1.82) is 0 Å². The molecule has 90 valence electrons. The molecule has 0 atom stereocenters. The number of hydrogen-bond donors (Lipinski definition) is 2. The Labute approximate surface area is 104 Å². The van der Waals surface area contributed by atoms with Crippen LogP contribution in [0, 0.1) is 0 Å². The largest absolute Gasteiger partial charge is 0.375 e. The van der Waals surface area contributed by atoms with Gasteiger partial charge in [-0.05, 0) is 0 Å². The number of nitrogens with one attached hydrogen (secondary N) is 1. The topological polar surface area (TPSA) is 107 Å². The number of thioether (sulfide) groups is 1. The fraction of sp³-hybridized carbons (Fsp3) is 0.250. The average Bonchev–Trinajstić information content (AvgIpc) is 2.68. The van der Waals surface area contributed by atoms with Crippen molar-refractivity contribution >= 4 is 28.2 Å². The first-order valence-corrected chi connectivity index (χ1v) is 6.43. The maximum Gasteiger partial charge on any atom is 0.339 e. The third kappa shape index (κ3) is 2.74. The standard InChI is InChI=1S/C8H9N5O2S2/c1-13-8(11-5(14)6(15)12-13)17-3-4-2-16-7(9)10-4/h2H,3H2,1H3,(H2,9,10)(H,12,15). The lowest BCUT2D eigenvalue weighted by atomic mass is 10.6. The molecule has 3 N–H and O–H groups in total. The molecule has 0 spiro atoms. The number of aryl methyl sites for hydroxylation is 1. The Kier molecular flexibility index (Phi) is 3.29. The SMILES string of the molecule is Cn1[nH]c(=O)c(=O)nc1SCc1csc(N)n1. The van der Waals surface area contributed by atoms with Gasteiger partial charge in [-0.15, -0.1) is 11.3 Å². The second-order valence-electron chi connectivity index (χ2n) is 3.17. The summed E-state index contributed by atoms with van der Waals surface area (Å²) in [5.74, 6) is 0.542. The number of nitrogens with two attached hydrogens (primary N) is 1. The lowest BCUT2D eigenvalue weighted by Gasteiger charge is -2.03. The van der Waals surface area contributed by atoms with Crippen molar-refractivity contribution in [1.82, 2.24) is 19.7 Å². The van der Waals surface area contributed by atoms with Gasteiger partial charge in [0.1, 0.15) is 0 Å². The van der Waals surface area contributed by atoms with Gasteiger partial charge in [0.05, 0.1) is 5.69 Å². The molecule has 0 aromatic carbocycles. The Balaban J connectivity index is 2.17. The van der Waals surface area contributed by atoms with Gasteiger partial charge < -0.3 is 5.73 Å². The Morgan fingerprint density at radius 1 is 1.53 bits per heavy atom. The van der Waals surface area contributed by atoms with Crippen molar-refractivity contribution in [3.05, 3.63) is 31.8 Å². The number of rotatable bonds is 3. The maximum atomic E-state index is 11.1. The summed E-state index contributed by atoms with van der Waals surface area (Å²) in [6, 6.07) is 0. The fourth-order valence-corrected chi connectivity index (χ4v) is 2.60. The zero-order valence-electron chi connectivity index (χ0n) is 8.84. The molecule has 2 rings (SSSR count). The van der Waals surface area contributed by atoms with E-state index in [4.69, 9.17) is 5.73 Å². The molecule has 2 heterocycles. The molecule has 17 heavy (non-hydrogen) atoms. The van der Waals surface area contributed by atoms with Gasteiger partial charge in [-0.2, -0.15) is 4.98 Å². The Morgan fingerprint density at radius 2 is 2.29 bits per heavy atom. The quantitative estimate of drug-likeness (QED) is 0.591. The van der Waals surface area contributed by atoms with Crippen LogP contribution in [0.1, 0.15) is 5.69 Å². The van der Waals surface area contributed by atoms with E-state index >= 15 is 0 Å². The van der Waals surface area contributed by atoms with Gasteiger partial charge in [0.25, 0.3) is 0 Å². The van der Waals surface area contributed by atoms with E-state index in [0.717, 1.165) is 5.69 Å². The first kappa shape index (κ1) is 11.9. The number of thiazole rings is 1. The summed E-state index contributed by atoms with van der Waals surface area (Å²) in [4.78, 5) is 29.8. The molecule has 0 saturated carbocycles. The van der Waals surface area contributed by atoms with Crippen LogP contribution in [0.3, 0.4) is 0 Å². The van der Waals surface area contributed by atoms with Gasteiger partial charge in [0.15, 0.2) is 10.3 Å². The second kappa shape index (κ2) is 4.72. The predicted molar refractivity (Wildman–Crippen MR) is 66.2 cm³/mol. The predicted octanol–water partition coefficient (Wildman–Crippen LogP) is -0.200. The second-order valence-corrected chi connectivity index (χ2v) is 5.00. The molecule has 2 aromatic heterocycles. The zero-order chi connectivity index (χ0) is 12.4. The molecule has 0 aliphatic rings. The molecule has 0 saturated heterocycles. The summed E-state index contributed by atoms with van der Waals surface area (Å²) in [5, 5.41) is 5.15. The molecule has 0 aliphatic carbocycles. The van der Waals surface area contributed by atoms with E-state index < -0.39 is 11.1 Å². The summed E-state index contributed by atoms with van der Waals surface area (Å²) in [6.07, 6.45) is 0. The summed E-state index contributed by atoms with van der Waals surface area (Å²) < 4.78 is 1.41. The summed E-state index contributed by atoms with van der Waals surface area (Å²) in [6.45, 7) is 0. The Bertz CT molecular complexity index is 644. The maximum absolute atomic E-state index is 11.1. The number of hydrogen-bond acceptors (Lipinski definition) is 7.